The molecule has 2 heterocycles. The van der Waals surface area contributed by atoms with Gasteiger partial charge < -0.3 is 14.6 Å². The van der Waals surface area contributed by atoms with Crippen LogP contribution in [0.4, 0.5) is 0 Å². The molecule has 0 aliphatic rings. The standard InChI is InChI=1S/C26H27N3O4/c1-16-22(24(25(30)31)33-26(2,3)4)23(18-11-13-19(32-5)14-12-18)29-21(27-16)15-20(28-29)17-9-7-6-8-10-17/h6-15,24H,1-5H3,(H,30,31). The molecule has 0 aliphatic carbocycles. The Morgan fingerprint density at radius 1 is 1.03 bits per heavy atom. The van der Waals surface area contributed by atoms with Crippen LogP contribution in [-0.4, -0.2) is 38.4 Å². The highest BCUT2D eigenvalue weighted by Gasteiger charge is 2.33. The summed E-state index contributed by atoms with van der Waals surface area (Å²) >= 11 is 0. The van der Waals surface area contributed by atoms with E-state index in [0.717, 1.165) is 16.8 Å². The third-order valence-electron chi connectivity index (χ3n) is 5.22. The maximum absolute atomic E-state index is 12.4. The first-order valence-corrected chi connectivity index (χ1v) is 10.7. The maximum Gasteiger partial charge on any atom is 0.337 e. The van der Waals surface area contributed by atoms with Gasteiger partial charge in [0, 0.05) is 28.5 Å². The number of methoxy groups -OCH3 is 1. The van der Waals surface area contributed by atoms with E-state index in [4.69, 9.17) is 19.6 Å². The van der Waals surface area contributed by atoms with Gasteiger partial charge in [0.05, 0.1) is 24.1 Å². The summed E-state index contributed by atoms with van der Waals surface area (Å²) in [6.07, 6.45) is -1.22. The van der Waals surface area contributed by atoms with Crippen molar-refractivity contribution in [3.63, 3.8) is 0 Å². The van der Waals surface area contributed by atoms with Crippen LogP contribution in [0.2, 0.25) is 0 Å². The van der Waals surface area contributed by atoms with Crippen molar-refractivity contribution in [1.29, 1.82) is 0 Å². The van der Waals surface area contributed by atoms with E-state index in [9.17, 15) is 9.90 Å². The number of benzene rings is 2. The first-order valence-electron chi connectivity index (χ1n) is 10.7. The maximum atomic E-state index is 12.4. The minimum atomic E-state index is -1.22. The SMILES string of the molecule is COc1ccc(-c2c(C(OC(C)(C)C)C(=O)O)c(C)nc3cc(-c4ccccc4)nn23)cc1. The monoisotopic (exact) mass is 445 g/mol. The molecule has 1 unspecified atom stereocenters. The van der Waals surface area contributed by atoms with Gasteiger partial charge in [-0.05, 0) is 52.0 Å². The Balaban J connectivity index is 2.03. The average Bonchev–Trinajstić information content (AvgIpc) is 3.20. The summed E-state index contributed by atoms with van der Waals surface area (Å²) in [6.45, 7) is 7.30. The van der Waals surface area contributed by atoms with Crippen LogP contribution in [0.3, 0.4) is 0 Å². The summed E-state index contributed by atoms with van der Waals surface area (Å²) in [5, 5.41) is 14.9. The fourth-order valence-corrected chi connectivity index (χ4v) is 3.81. The lowest BCUT2D eigenvalue weighted by Crippen LogP contribution is -2.29. The normalized spacial score (nSPS) is 12.6. The Kier molecular flexibility index (Phi) is 5.91. The summed E-state index contributed by atoms with van der Waals surface area (Å²) in [6, 6.07) is 19.1. The number of hydrogen-bond acceptors (Lipinski definition) is 5. The Labute approximate surface area is 192 Å². The van der Waals surface area contributed by atoms with Crippen molar-refractivity contribution in [3.05, 3.63) is 71.9 Å². The predicted molar refractivity (Wildman–Crippen MR) is 126 cm³/mol. The second kappa shape index (κ2) is 8.67. The Bertz CT molecular complexity index is 1290. The summed E-state index contributed by atoms with van der Waals surface area (Å²) in [4.78, 5) is 17.1. The van der Waals surface area contributed by atoms with Crippen LogP contribution in [-0.2, 0) is 9.53 Å². The number of aliphatic carboxylic acids is 1. The molecule has 33 heavy (non-hydrogen) atoms. The van der Waals surface area contributed by atoms with E-state index in [2.05, 4.69) is 0 Å². The predicted octanol–water partition coefficient (Wildman–Crippen LogP) is 5.32. The van der Waals surface area contributed by atoms with E-state index in [-0.39, 0.29) is 0 Å². The lowest BCUT2D eigenvalue weighted by atomic mass is 9.99. The van der Waals surface area contributed by atoms with Gasteiger partial charge in [0.25, 0.3) is 0 Å². The van der Waals surface area contributed by atoms with Crippen LogP contribution in [0.25, 0.3) is 28.2 Å². The van der Waals surface area contributed by atoms with Gasteiger partial charge in [-0.3, -0.25) is 0 Å². The van der Waals surface area contributed by atoms with Crippen LogP contribution in [0, 0.1) is 6.92 Å². The first-order chi connectivity index (χ1) is 15.7. The Hall–Kier alpha value is -3.71. The van der Waals surface area contributed by atoms with Gasteiger partial charge in [-0.15, -0.1) is 0 Å². The zero-order valence-corrected chi connectivity index (χ0v) is 19.4. The van der Waals surface area contributed by atoms with Crippen LogP contribution >= 0.6 is 0 Å². The smallest absolute Gasteiger partial charge is 0.337 e. The van der Waals surface area contributed by atoms with E-state index in [0.29, 0.717) is 28.3 Å². The molecule has 2 aromatic heterocycles. The van der Waals surface area contributed by atoms with Crippen LogP contribution < -0.4 is 4.74 Å². The molecule has 0 radical (unpaired) electrons. The molecule has 0 saturated carbocycles. The molecule has 0 amide bonds. The molecule has 7 nitrogen and oxygen atoms in total. The fraction of sp³-hybridized carbons (Fsp3) is 0.269. The fourth-order valence-electron chi connectivity index (χ4n) is 3.81. The molecular formula is C26H27N3O4. The summed E-state index contributed by atoms with van der Waals surface area (Å²) in [5.74, 6) is -0.382. The molecule has 0 spiro atoms. The second-order valence-electron chi connectivity index (χ2n) is 8.80. The third kappa shape index (κ3) is 4.59. The highest BCUT2D eigenvalue weighted by atomic mass is 16.5. The zero-order chi connectivity index (χ0) is 23.8. The molecule has 7 heteroatoms. The Morgan fingerprint density at radius 2 is 1.70 bits per heavy atom. The van der Waals surface area contributed by atoms with Crippen LogP contribution in [0.1, 0.15) is 38.1 Å². The third-order valence-corrected chi connectivity index (χ3v) is 5.22. The number of nitrogens with zero attached hydrogens (tertiary/aromatic N) is 3. The molecule has 0 saturated heterocycles. The first kappa shape index (κ1) is 22.5. The lowest BCUT2D eigenvalue weighted by molar-refractivity contribution is -0.160. The number of aromatic nitrogens is 3. The highest BCUT2D eigenvalue weighted by molar-refractivity contribution is 5.81. The molecule has 170 valence electrons. The molecule has 0 aliphatic heterocycles. The quantitative estimate of drug-likeness (QED) is 0.432. The van der Waals surface area contributed by atoms with Crippen molar-refractivity contribution in [2.24, 2.45) is 0 Å². The van der Waals surface area contributed by atoms with Crippen LogP contribution in [0.5, 0.6) is 5.75 Å². The van der Waals surface area contributed by atoms with Crippen molar-refractivity contribution < 1.29 is 19.4 Å². The molecule has 4 rings (SSSR count). The van der Waals surface area contributed by atoms with Crippen molar-refractivity contribution in [2.75, 3.05) is 7.11 Å². The van der Waals surface area contributed by atoms with Crippen molar-refractivity contribution in [2.45, 2.75) is 39.4 Å². The van der Waals surface area contributed by atoms with E-state index in [1.165, 1.54) is 0 Å². The minimum absolute atomic E-state index is 0.470. The summed E-state index contributed by atoms with van der Waals surface area (Å²) in [7, 11) is 1.60. The van der Waals surface area contributed by atoms with Crippen molar-refractivity contribution in [3.8, 4) is 28.3 Å². The van der Waals surface area contributed by atoms with E-state index >= 15 is 0 Å². The average molecular weight is 446 g/mol. The Morgan fingerprint density at radius 3 is 2.27 bits per heavy atom. The molecule has 4 aromatic rings. The van der Waals surface area contributed by atoms with Gasteiger partial charge in [-0.25, -0.2) is 14.3 Å². The highest BCUT2D eigenvalue weighted by Crippen LogP contribution is 2.36. The number of carbonyl (C=O) groups is 1. The molecule has 0 fully saturated rings. The number of ether oxygens (including phenoxy) is 2. The van der Waals surface area contributed by atoms with E-state index in [1.54, 1.807) is 18.5 Å². The number of carboxylic acid groups (broad SMARTS) is 1. The topological polar surface area (TPSA) is 86.0 Å². The van der Waals surface area contributed by atoms with Crippen LogP contribution in [0.15, 0.2) is 60.7 Å². The molecular weight excluding hydrogens is 418 g/mol. The number of carboxylic acids is 1. The van der Waals surface area contributed by atoms with Gasteiger partial charge in [0.2, 0.25) is 0 Å². The largest absolute Gasteiger partial charge is 0.497 e. The second-order valence-corrected chi connectivity index (χ2v) is 8.80. The number of rotatable bonds is 6. The zero-order valence-electron chi connectivity index (χ0n) is 19.4. The van der Waals surface area contributed by atoms with Crippen molar-refractivity contribution in [1.82, 2.24) is 14.6 Å². The summed E-state index contributed by atoms with van der Waals surface area (Å²) < 4.78 is 13.0. The van der Waals surface area contributed by atoms with E-state index < -0.39 is 17.7 Å². The summed E-state index contributed by atoms with van der Waals surface area (Å²) in [5.41, 5.74) is 4.09. The molecule has 0 bridgehead atoms. The number of fused-ring (bicyclic) bond motifs is 1. The van der Waals surface area contributed by atoms with Gasteiger partial charge in [0.1, 0.15) is 5.75 Å². The van der Waals surface area contributed by atoms with E-state index in [1.807, 2.05) is 81.4 Å². The van der Waals surface area contributed by atoms with Gasteiger partial charge in [0.15, 0.2) is 11.8 Å². The van der Waals surface area contributed by atoms with Crippen molar-refractivity contribution >= 4 is 11.6 Å². The van der Waals surface area contributed by atoms with Gasteiger partial charge >= 0.3 is 5.97 Å². The molecule has 1 atom stereocenters. The number of aryl methyl sites for hydroxylation is 1. The lowest BCUT2D eigenvalue weighted by Gasteiger charge is -2.27. The molecule has 1 N–H and O–H groups in total. The number of hydrogen-bond donors (Lipinski definition) is 1. The minimum Gasteiger partial charge on any atom is -0.497 e. The van der Waals surface area contributed by atoms with Gasteiger partial charge in [-0.2, -0.15) is 5.10 Å². The molecule has 2 aromatic carbocycles. The van der Waals surface area contributed by atoms with Gasteiger partial charge in [-0.1, -0.05) is 30.3 Å².